The predicted octanol–water partition coefficient (Wildman–Crippen LogP) is 16.0. The van der Waals surface area contributed by atoms with Gasteiger partial charge in [0.05, 0.1) is 33.8 Å². The van der Waals surface area contributed by atoms with Gasteiger partial charge in [-0.15, -0.1) is 0 Å². The molecule has 9 nitrogen and oxygen atoms in total. The van der Waals surface area contributed by atoms with Crippen LogP contribution in [0.3, 0.4) is 0 Å². The van der Waals surface area contributed by atoms with Gasteiger partial charge in [0.15, 0.2) is 0 Å². The molecular formula is C59H105N2O7P. The third-order valence-corrected chi connectivity index (χ3v) is 12.8. The molecule has 0 aromatic carbocycles. The van der Waals surface area contributed by atoms with E-state index >= 15 is 0 Å². The Morgan fingerprint density at radius 2 is 0.942 bits per heavy atom. The van der Waals surface area contributed by atoms with E-state index in [4.69, 9.17) is 13.8 Å². The Bertz CT molecular complexity index is 1460. The highest BCUT2D eigenvalue weighted by molar-refractivity contribution is 7.45. The zero-order valence-corrected chi connectivity index (χ0v) is 46.1. The fourth-order valence-corrected chi connectivity index (χ4v) is 8.19. The van der Waals surface area contributed by atoms with E-state index in [0.717, 1.165) is 128 Å². The van der Waals surface area contributed by atoms with Gasteiger partial charge in [-0.3, -0.25) is 14.2 Å². The second kappa shape index (κ2) is 48.8. The van der Waals surface area contributed by atoms with Crippen molar-refractivity contribution < 1.29 is 37.3 Å². The molecule has 0 rings (SSSR count). The lowest BCUT2D eigenvalue weighted by molar-refractivity contribution is -0.870. The van der Waals surface area contributed by atoms with E-state index in [2.05, 4.69) is 99.0 Å². The fraction of sp³-hybridized carbons (Fsp3) is 0.729. The molecule has 0 aromatic heterocycles. The van der Waals surface area contributed by atoms with Crippen LogP contribution in [0, 0.1) is 0 Å². The maximum atomic E-state index is 13.4. The van der Waals surface area contributed by atoms with Crippen LogP contribution in [0.5, 0.6) is 0 Å². The molecule has 0 aliphatic heterocycles. The molecule has 398 valence electrons. The molecule has 0 radical (unpaired) electrons. The number of hydrogen-bond donors (Lipinski definition) is 1. The average Bonchev–Trinajstić information content (AvgIpc) is 3.31. The van der Waals surface area contributed by atoms with Gasteiger partial charge in [-0.2, -0.15) is 0 Å². The van der Waals surface area contributed by atoms with Crippen molar-refractivity contribution in [1.82, 2.24) is 5.32 Å². The minimum absolute atomic E-state index is 0.0309. The number of carbonyl (C=O) groups excluding carboxylic acids is 2. The van der Waals surface area contributed by atoms with Crippen LogP contribution in [0.15, 0.2) is 85.1 Å². The second-order valence-electron chi connectivity index (χ2n) is 19.7. The summed E-state index contributed by atoms with van der Waals surface area (Å²) in [5.41, 5.74) is 0. The molecule has 0 aromatic rings. The third kappa shape index (κ3) is 49.9. The number of unbranched alkanes of at least 4 members (excludes halogenated alkanes) is 21. The van der Waals surface area contributed by atoms with Gasteiger partial charge in [-0.25, -0.2) is 0 Å². The minimum Gasteiger partial charge on any atom is -0.756 e. The second-order valence-corrected chi connectivity index (χ2v) is 21.1. The van der Waals surface area contributed by atoms with Crippen LogP contribution in [0.25, 0.3) is 0 Å². The first kappa shape index (κ1) is 66.2. The standard InChI is InChI=1S/C59H105N2O7P/c1-7-10-13-16-19-22-25-26-27-28-29-30-31-32-33-34-37-40-43-46-49-52-59(63)68-57(50-47-44-41-38-35-23-20-17-14-11-8-2)56(55-67-69(64,65)66-54-53-61(4,5)6)60-58(62)51-48-45-42-39-36-24-21-18-15-12-9-3/h10,13,18-19,21-22,26-27,29-30,32-33,47,50,56-57H,7-9,11-12,14-17,20,23-25,28,31,34-46,48-49,51-55H2,1-6H3,(H-,60,62,64,65)/b13-10-,21-18-,22-19-,27-26-,30-29-,33-32-,50-47-. The van der Waals surface area contributed by atoms with E-state index in [9.17, 15) is 19.0 Å². The first-order valence-corrected chi connectivity index (χ1v) is 29.4. The lowest BCUT2D eigenvalue weighted by Crippen LogP contribution is -2.47. The Morgan fingerprint density at radius 1 is 0.522 bits per heavy atom. The molecule has 0 spiro atoms. The van der Waals surface area contributed by atoms with Crippen molar-refractivity contribution in [1.29, 1.82) is 0 Å². The van der Waals surface area contributed by atoms with E-state index in [1.807, 2.05) is 33.3 Å². The molecule has 0 aliphatic rings. The number of amides is 1. The van der Waals surface area contributed by atoms with E-state index in [-0.39, 0.29) is 24.9 Å². The lowest BCUT2D eigenvalue weighted by Gasteiger charge is -2.30. The Kier molecular flexibility index (Phi) is 46.8. The van der Waals surface area contributed by atoms with Crippen LogP contribution in [-0.4, -0.2) is 69.4 Å². The van der Waals surface area contributed by atoms with Crippen LogP contribution in [0.2, 0.25) is 0 Å². The van der Waals surface area contributed by atoms with Gasteiger partial charge in [-0.05, 0) is 96.0 Å². The Hall–Kier alpha value is -2.81. The zero-order valence-electron chi connectivity index (χ0n) is 45.2. The average molecular weight is 985 g/mol. The number of esters is 1. The maximum Gasteiger partial charge on any atom is 0.306 e. The third-order valence-electron chi connectivity index (χ3n) is 11.8. The van der Waals surface area contributed by atoms with Gasteiger partial charge in [-0.1, -0.05) is 202 Å². The minimum atomic E-state index is -4.70. The number of phosphoric ester groups is 1. The summed E-state index contributed by atoms with van der Waals surface area (Å²) in [5, 5.41) is 3.00. The van der Waals surface area contributed by atoms with E-state index in [1.165, 1.54) is 57.8 Å². The monoisotopic (exact) mass is 985 g/mol. The van der Waals surface area contributed by atoms with Crippen molar-refractivity contribution in [2.75, 3.05) is 40.9 Å². The number of carbonyl (C=O) groups is 2. The summed E-state index contributed by atoms with van der Waals surface area (Å²) in [7, 11) is 1.16. The lowest BCUT2D eigenvalue weighted by atomic mass is 10.1. The number of nitrogens with one attached hydrogen (secondary N) is 1. The molecule has 0 saturated carbocycles. The number of ether oxygens (including phenoxy) is 1. The van der Waals surface area contributed by atoms with Gasteiger partial charge < -0.3 is 28.5 Å². The number of quaternary nitrogens is 1. The zero-order chi connectivity index (χ0) is 50.8. The topological polar surface area (TPSA) is 114 Å². The fourth-order valence-electron chi connectivity index (χ4n) is 7.47. The van der Waals surface area contributed by atoms with Gasteiger partial charge >= 0.3 is 5.97 Å². The maximum absolute atomic E-state index is 13.4. The summed E-state index contributed by atoms with van der Waals surface area (Å²) in [4.78, 5) is 39.7. The largest absolute Gasteiger partial charge is 0.756 e. The SMILES string of the molecule is CC/C=C\C/C=C\C/C=C\C/C=C\C/C=C\CCCCCCCC(=O)OC(/C=C\CCCCCCCCCCC)C(COP(=O)([O-])OCC[N+](C)(C)C)NC(=O)CCCCCCC/C=C\CCCC. The van der Waals surface area contributed by atoms with E-state index < -0.39 is 26.6 Å². The van der Waals surface area contributed by atoms with Crippen molar-refractivity contribution in [2.45, 2.75) is 238 Å². The number of nitrogens with zero attached hydrogens (tertiary/aromatic N) is 1. The summed E-state index contributed by atoms with van der Waals surface area (Å²) in [5.74, 6) is -0.581. The molecule has 0 bridgehead atoms. The summed E-state index contributed by atoms with van der Waals surface area (Å²) in [6.07, 6.45) is 62.6. The molecule has 3 atom stereocenters. The van der Waals surface area contributed by atoms with Crippen LogP contribution in [0.1, 0.15) is 226 Å². The molecular weight excluding hydrogens is 880 g/mol. The van der Waals surface area contributed by atoms with Crippen molar-refractivity contribution in [2.24, 2.45) is 0 Å². The molecule has 69 heavy (non-hydrogen) atoms. The molecule has 1 amide bonds. The van der Waals surface area contributed by atoms with Crippen molar-refractivity contribution in [3.63, 3.8) is 0 Å². The number of allylic oxidation sites excluding steroid dienone is 13. The summed E-state index contributed by atoms with van der Waals surface area (Å²) >= 11 is 0. The van der Waals surface area contributed by atoms with Crippen LogP contribution >= 0.6 is 7.82 Å². The number of likely N-dealkylation sites (N-methyl/N-ethyl adjacent to an activating group) is 1. The quantitative estimate of drug-likeness (QED) is 0.0212. The normalized spacial score (nSPS) is 14.5. The van der Waals surface area contributed by atoms with E-state index in [1.54, 1.807) is 0 Å². The van der Waals surface area contributed by atoms with E-state index in [0.29, 0.717) is 23.9 Å². The molecule has 0 fully saturated rings. The van der Waals surface area contributed by atoms with Crippen molar-refractivity contribution in [3.8, 4) is 0 Å². The van der Waals surface area contributed by atoms with Gasteiger partial charge in [0.25, 0.3) is 7.82 Å². The molecule has 3 unspecified atom stereocenters. The van der Waals surface area contributed by atoms with Crippen molar-refractivity contribution in [3.05, 3.63) is 85.1 Å². The van der Waals surface area contributed by atoms with Crippen molar-refractivity contribution >= 4 is 19.7 Å². The van der Waals surface area contributed by atoms with Crippen LogP contribution < -0.4 is 10.2 Å². The molecule has 0 saturated heterocycles. The Labute approximate surface area is 425 Å². The molecule has 1 N–H and O–H groups in total. The van der Waals surface area contributed by atoms with Gasteiger partial charge in [0, 0.05) is 12.8 Å². The summed E-state index contributed by atoms with van der Waals surface area (Å²) < 4.78 is 30.1. The first-order valence-electron chi connectivity index (χ1n) is 27.9. The smallest absolute Gasteiger partial charge is 0.306 e. The first-order chi connectivity index (χ1) is 33.4. The predicted molar refractivity (Wildman–Crippen MR) is 293 cm³/mol. The highest BCUT2D eigenvalue weighted by Gasteiger charge is 2.27. The van der Waals surface area contributed by atoms with Gasteiger partial charge in [0.1, 0.15) is 19.3 Å². The van der Waals surface area contributed by atoms with Gasteiger partial charge in [0.2, 0.25) is 5.91 Å². The number of phosphoric acid groups is 1. The number of rotatable bonds is 49. The van der Waals surface area contributed by atoms with Crippen LogP contribution in [-0.2, 0) is 27.9 Å². The molecule has 0 aliphatic carbocycles. The number of hydrogen-bond acceptors (Lipinski definition) is 7. The molecule has 0 heterocycles. The Morgan fingerprint density at radius 3 is 1.45 bits per heavy atom. The summed E-state index contributed by atoms with van der Waals surface area (Å²) in [6, 6.07) is -0.902. The molecule has 10 heteroatoms. The van der Waals surface area contributed by atoms with Crippen LogP contribution in [0.4, 0.5) is 0 Å². The summed E-state index contributed by atoms with van der Waals surface area (Å²) in [6.45, 7) is 6.64. The highest BCUT2D eigenvalue weighted by atomic mass is 31.2. The highest BCUT2D eigenvalue weighted by Crippen LogP contribution is 2.38. The Balaban J connectivity index is 5.31.